The fourth-order valence-corrected chi connectivity index (χ4v) is 32.9. The molecule has 0 atom stereocenters. The van der Waals surface area contributed by atoms with Crippen LogP contribution in [0.1, 0.15) is 91.1 Å². The van der Waals surface area contributed by atoms with E-state index in [-0.39, 0.29) is 0 Å². The normalized spacial score (nSPS) is 12.8. The Kier molecular flexibility index (Phi) is 31.3. The Morgan fingerprint density at radius 1 is 0.174 bits per heavy atom. The maximum Gasteiger partial charge on any atom is 0.163 e. The Bertz CT molecular complexity index is 7670. The highest BCUT2D eigenvalue weighted by Gasteiger charge is 2.42. The fraction of sp³-hybridized carbons (Fsp3) is 0.156. The molecule has 20 aromatic rings. The number of aryl methyl sites for hydroxylation is 8. The minimum absolute atomic E-state index is 0.709. The highest BCUT2D eigenvalue weighted by atomic mass is 28.3. The van der Waals surface area contributed by atoms with Crippen LogP contribution in [0.15, 0.2) is 413 Å². The van der Waals surface area contributed by atoms with Crippen LogP contribution in [0, 0.1) is 55.4 Å². The quantitative estimate of drug-likeness (QED) is 0.107. The monoisotopic (exact) mass is 1940 g/mol. The van der Waals surface area contributed by atoms with Gasteiger partial charge in [0, 0.05) is 47.9 Å². The van der Waals surface area contributed by atoms with Crippen molar-refractivity contribution in [3.8, 4) is 90.1 Å². The zero-order valence-corrected chi connectivity index (χ0v) is 89.5. The third-order valence-electron chi connectivity index (χ3n) is 27.1. The average molecular weight is 1940 g/mol. The van der Waals surface area contributed by atoms with Crippen LogP contribution in [-0.4, -0.2) is 92.1 Å². The number of benzene rings is 16. The molecule has 8 heterocycles. The molecule has 24 rings (SSSR count). The van der Waals surface area contributed by atoms with Gasteiger partial charge in [0.05, 0.1) is 0 Å². The summed E-state index contributed by atoms with van der Waals surface area (Å²) in [5, 5.41) is 12.2. The Balaban J connectivity index is 0.000000120. The molecule has 0 spiro atoms. The molecule has 144 heavy (non-hydrogen) atoms. The third kappa shape index (κ3) is 23.6. The summed E-state index contributed by atoms with van der Waals surface area (Å²) in [4.78, 5) is 55.9. The summed E-state index contributed by atoms with van der Waals surface area (Å²) in [6.45, 7) is 35.7. The summed E-state index contributed by atoms with van der Waals surface area (Å²) in [7, 11) is -6.66. The molecule has 12 nitrogen and oxygen atoms in total. The van der Waals surface area contributed by atoms with Crippen LogP contribution in [0.4, 0.5) is 0 Å². The molecule has 0 fully saturated rings. The van der Waals surface area contributed by atoms with Gasteiger partial charge in [0.2, 0.25) is 0 Å². The predicted molar refractivity (Wildman–Crippen MR) is 610 cm³/mol. The van der Waals surface area contributed by atoms with E-state index in [0.717, 1.165) is 105 Å². The van der Waals surface area contributed by atoms with E-state index in [2.05, 4.69) is 338 Å². The van der Waals surface area contributed by atoms with Gasteiger partial charge < -0.3 is 0 Å². The van der Waals surface area contributed by atoms with Gasteiger partial charge in [-0.05, 0) is 164 Å². The summed E-state index contributed by atoms with van der Waals surface area (Å²) in [5.74, 6) is 9.34. The van der Waals surface area contributed by atoms with E-state index < -0.39 is 32.3 Å². The van der Waals surface area contributed by atoms with E-state index >= 15 is 0 Å². The van der Waals surface area contributed by atoms with Crippen LogP contribution in [0.25, 0.3) is 90.1 Å². The molecule has 712 valence electrons. The Morgan fingerprint density at radius 3 is 0.812 bits per heavy atom. The molecule has 0 bridgehead atoms. The smallest absolute Gasteiger partial charge is 0.163 e. The number of hydrogen-bond donors (Lipinski definition) is 0. The first-order valence-corrected chi connectivity index (χ1v) is 61.8. The first-order valence-electron chi connectivity index (χ1n) is 49.8. The molecule has 4 aliphatic rings. The molecule has 0 saturated carbocycles. The lowest BCUT2D eigenvalue weighted by Gasteiger charge is -2.22. The van der Waals surface area contributed by atoms with E-state index in [1.54, 1.807) is 0 Å². The lowest BCUT2D eigenvalue weighted by Crippen LogP contribution is -2.50. The van der Waals surface area contributed by atoms with Crippen LogP contribution in [0.3, 0.4) is 0 Å². The molecule has 0 aliphatic carbocycles. The van der Waals surface area contributed by atoms with Gasteiger partial charge in [0.25, 0.3) is 0 Å². The van der Waals surface area contributed by atoms with Crippen molar-refractivity contribution in [1.82, 2.24) is 59.8 Å². The zero-order valence-electron chi connectivity index (χ0n) is 85.5. The highest BCUT2D eigenvalue weighted by molar-refractivity contribution is 7.05. The summed E-state index contributed by atoms with van der Waals surface area (Å²) in [6, 6.07) is 144. The first-order chi connectivity index (χ1) is 69.7. The van der Waals surface area contributed by atoms with Gasteiger partial charge in [-0.25, -0.2) is 59.8 Å². The van der Waals surface area contributed by atoms with Crippen LogP contribution in [0.5, 0.6) is 0 Å². The second kappa shape index (κ2) is 45.1. The molecular weight excluding hydrogens is 1820 g/mol. The summed E-state index contributed by atoms with van der Waals surface area (Å²) < 4.78 is 0. The summed E-state index contributed by atoms with van der Waals surface area (Å²) >= 11 is 0. The van der Waals surface area contributed by atoms with E-state index in [1.807, 2.05) is 222 Å². The molecule has 4 aromatic heterocycles. The minimum atomic E-state index is -1.74. The predicted octanol–water partition coefficient (Wildman–Crippen LogP) is 24.9. The lowest BCUT2D eigenvalue weighted by atomic mass is 9.97. The van der Waals surface area contributed by atoms with Gasteiger partial charge in [0.1, 0.15) is 78.9 Å². The van der Waals surface area contributed by atoms with Crippen molar-refractivity contribution < 1.29 is 0 Å². The van der Waals surface area contributed by atoms with Crippen LogP contribution >= 0.6 is 0 Å². The Labute approximate surface area is 854 Å². The first kappa shape index (κ1) is 100.0. The zero-order chi connectivity index (χ0) is 100. The Morgan fingerprint density at radius 2 is 0.431 bits per heavy atom. The van der Waals surface area contributed by atoms with Crippen molar-refractivity contribution in [2.45, 2.75) is 133 Å². The SMILES string of the molecule is Cc1ccccc1.Cc1ccccc1.Cc1ccccc1.Cc1ccccc1.Cc1nc(Cc2ccc3c(c2)-c2ccccc2[Si]3(C)C)nc(-c2ccccc2)n1.Cc1nc(Cc2ccc3c(c2)[Si](C)(C)c2ccccc2-3)nc(-c2ccccc2)n1.Cc1nc(Cc2cccc3c2-c2ccccc2[Si]3(C)C)nc(-c2ccccc2)n1.Cc1nc(Cc2cccc3c2[Si](C)(C)c2ccccc2-3)nc(-c2ccccc2)n1. The standard InChI is InChI=1S/4C25H23N3Si.4C7H8/c1-17-26-23(28-25(27-17)18-10-5-4-6-11-18)16-19-12-9-14-21-20-13-7-8-15-22(20)29(2,3)24(19)21;1-17-26-23(28-25(27-17)18-10-5-4-6-11-18)16-19-12-9-15-22-24(19)20-13-7-8-14-21(20)29(22,2)3;1-17-26-24(28-25(27-17)19-9-5-4-6-10-19)16-18-13-14-23-21(15-18)20-11-7-8-12-22(20)29(23,2)3;1-17-26-24(28-25(27-17)19-9-5-4-6-10-19)16-18-13-14-21-20-11-7-8-12-22(20)29(2,3)23(21)15-18;4*1-7-5-3-2-4-6-7/h4*4-15H,16H2,1-3H3;4*2-6H,1H3. The Hall–Kier alpha value is -15.6. The number of nitrogens with zero attached hydrogens (tertiary/aromatic N) is 12. The maximum absolute atomic E-state index is 4.81. The topological polar surface area (TPSA) is 155 Å². The van der Waals surface area contributed by atoms with Crippen molar-refractivity contribution in [1.29, 1.82) is 0 Å². The van der Waals surface area contributed by atoms with E-state index in [4.69, 9.17) is 19.9 Å². The van der Waals surface area contributed by atoms with Gasteiger partial charge in [-0.2, -0.15) is 0 Å². The van der Waals surface area contributed by atoms with Crippen molar-refractivity contribution >= 4 is 73.8 Å². The number of hydrogen-bond acceptors (Lipinski definition) is 12. The second-order valence-corrected chi connectivity index (χ2v) is 56.7. The molecule has 16 heteroatoms. The average Bonchev–Trinajstić information content (AvgIpc) is 1.58. The molecule has 0 radical (unpaired) electrons. The number of fused-ring (bicyclic) bond motifs is 12. The van der Waals surface area contributed by atoms with Gasteiger partial charge >= 0.3 is 0 Å². The summed E-state index contributed by atoms with van der Waals surface area (Å²) in [6.07, 6.45) is 2.87. The lowest BCUT2D eigenvalue weighted by molar-refractivity contribution is 0.886. The fourth-order valence-electron chi connectivity index (χ4n) is 20.0. The molecule has 0 saturated heterocycles. The molecule has 0 unspecified atom stereocenters. The minimum Gasteiger partial charge on any atom is -0.218 e. The maximum atomic E-state index is 4.81. The second-order valence-electron chi connectivity index (χ2n) is 39.4. The number of aromatic nitrogens is 12. The van der Waals surface area contributed by atoms with E-state index in [0.29, 0.717) is 12.8 Å². The third-order valence-corrected chi connectivity index (χ3v) is 41.4. The molecule has 16 aromatic carbocycles. The van der Waals surface area contributed by atoms with Crippen LogP contribution in [0.2, 0.25) is 52.4 Å². The van der Waals surface area contributed by atoms with Crippen molar-refractivity contribution in [2.24, 2.45) is 0 Å². The van der Waals surface area contributed by atoms with Gasteiger partial charge in [-0.3, -0.25) is 0 Å². The van der Waals surface area contributed by atoms with Crippen LogP contribution in [-0.2, 0) is 25.7 Å². The highest BCUT2D eigenvalue weighted by Crippen LogP contribution is 2.36. The van der Waals surface area contributed by atoms with Gasteiger partial charge in [0.15, 0.2) is 23.3 Å². The van der Waals surface area contributed by atoms with Crippen molar-refractivity contribution in [3.63, 3.8) is 0 Å². The largest absolute Gasteiger partial charge is 0.218 e. The molecular formula is C128H124N12Si4. The van der Waals surface area contributed by atoms with Gasteiger partial charge in [-0.1, -0.05) is 487 Å². The van der Waals surface area contributed by atoms with Crippen LogP contribution < -0.4 is 41.5 Å². The van der Waals surface area contributed by atoms with Crippen molar-refractivity contribution in [3.05, 3.63) is 504 Å². The molecule has 4 aliphatic heterocycles. The number of rotatable bonds is 12. The van der Waals surface area contributed by atoms with E-state index in [9.17, 15) is 0 Å². The molecule has 0 amide bonds. The molecule has 0 N–H and O–H groups in total. The summed E-state index contributed by atoms with van der Waals surface area (Å²) in [5.41, 5.74) is 25.7. The van der Waals surface area contributed by atoms with Crippen molar-refractivity contribution in [2.75, 3.05) is 0 Å². The van der Waals surface area contributed by atoms with Gasteiger partial charge in [-0.15, -0.1) is 0 Å². The van der Waals surface area contributed by atoms with E-state index in [1.165, 1.54) is 131 Å².